The number of hydrogen-bond acceptors (Lipinski definition) is 1. The number of halogens is 1. The first-order chi connectivity index (χ1) is 6.11. The highest BCUT2D eigenvalue weighted by Crippen LogP contribution is 2.17. The molecule has 0 bridgehead atoms. The first kappa shape index (κ1) is 9.63. The fourth-order valence-electron chi connectivity index (χ4n) is 0.872. The Labute approximate surface area is 81.7 Å². The molecule has 0 aromatic heterocycles. The van der Waals surface area contributed by atoms with Crippen molar-refractivity contribution >= 4 is 17.5 Å². The maximum Gasteiger partial charge on any atom is 0.293 e. The van der Waals surface area contributed by atoms with E-state index in [1.165, 1.54) is 0 Å². The summed E-state index contributed by atoms with van der Waals surface area (Å²) in [5, 5.41) is 0.635. The highest BCUT2D eigenvalue weighted by atomic mass is 35.5. The monoisotopic (exact) mass is 193 g/mol. The fourth-order valence-corrected chi connectivity index (χ4v) is 1.05. The van der Waals surface area contributed by atoms with E-state index in [1.807, 2.05) is 6.92 Å². The van der Waals surface area contributed by atoms with Gasteiger partial charge in [-0.15, -0.1) is 0 Å². The zero-order chi connectivity index (χ0) is 9.84. The summed E-state index contributed by atoms with van der Waals surface area (Å²) in [4.78, 5) is 10.4. The van der Waals surface area contributed by atoms with Gasteiger partial charge in [-0.2, -0.15) is 0 Å². The molecular formula is C10H8ClNO. The van der Waals surface area contributed by atoms with Crippen molar-refractivity contribution in [3.8, 4) is 11.8 Å². The highest BCUT2D eigenvalue weighted by Gasteiger charge is 1.98. The van der Waals surface area contributed by atoms with Crippen LogP contribution in [0.3, 0.4) is 0 Å². The van der Waals surface area contributed by atoms with Crippen LogP contribution in [0, 0.1) is 18.8 Å². The lowest BCUT2D eigenvalue weighted by atomic mass is 10.1. The van der Waals surface area contributed by atoms with Crippen molar-refractivity contribution in [2.45, 2.75) is 6.92 Å². The van der Waals surface area contributed by atoms with E-state index in [9.17, 15) is 4.79 Å². The van der Waals surface area contributed by atoms with Gasteiger partial charge in [0.25, 0.3) is 5.91 Å². The minimum atomic E-state index is -0.639. The molecule has 0 unspecified atom stereocenters. The Bertz CT molecular complexity index is 401. The molecule has 0 aliphatic rings. The summed E-state index contributed by atoms with van der Waals surface area (Å²) in [6.07, 6.45) is 0. The molecule has 0 heterocycles. The second-order valence-corrected chi connectivity index (χ2v) is 2.93. The van der Waals surface area contributed by atoms with E-state index in [0.717, 1.165) is 11.1 Å². The Morgan fingerprint density at radius 3 is 2.85 bits per heavy atom. The van der Waals surface area contributed by atoms with Gasteiger partial charge in [0, 0.05) is 10.6 Å². The number of carbonyl (C=O) groups excluding carboxylic acids is 1. The van der Waals surface area contributed by atoms with Crippen LogP contribution in [0.5, 0.6) is 0 Å². The largest absolute Gasteiger partial charge is 0.359 e. The van der Waals surface area contributed by atoms with Gasteiger partial charge in [-0.1, -0.05) is 23.6 Å². The standard InChI is InChI=1S/C10H8ClNO/c1-7-8(5-6-10(12)13)3-2-4-9(7)11/h2-4H,1H3,(H2,12,13). The second kappa shape index (κ2) is 3.97. The van der Waals surface area contributed by atoms with E-state index in [-0.39, 0.29) is 0 Å². The first-order valence-corrected chi connectivity index (χ1v) is 4.05. The van der Waals surface area contributed by atoms with Gasteiger partial charge in [-0.05, 0) is 30.5 Å². The third-order valence-corrected chi connectivity index (χ3v) is 2.00. The maximum atomic E-state index is 10.4. The molecule has 0 saturated heterocycles. The van der Waals surface area contributed by atoms with Crippen LogP contribution in [0.25, 0.3) is 0 Å². The molecule has 1 amide bonds. The maximum absolute atomic E-state index is 10.4. The summed E-state index contributed by atoms with van der Waals surface area (Å²) in [7, 11) is 0. The number of benzene rings is 1. The second-order valence-electron chi connectivity index (χ2n) is 2.53. The molecule has 2 nitrogen and oxygen atoms in total. The molecule has 0 atom stereocenters. The van der Waals surface area contributed by atoms with E-state index in [1.54, 1.807) is 18.2 Å². The molecule has 0 saturated carbocycles. The van der Waals surface area contributed by atoms with E-state index in [2.05, 4.69) is 11.8 Å². The zero-order valence-electron chi connectivity index (χ0n) is 7.10. The summed E-state index contributed by atoms with van der Waals surface area (Å²) in [6, 6.07) is 5.34. The third-order valence-electron chi connectivity index (χ3n) is 1.59. The van der Waals surface area contributed by atoms with Gasteiger partial charge in [0.1, 0.15) is 0 Å². The normalized spacial score (nSPS) is 8.77. The number of hydrogen-bond donors (Lipinski definition) is 1. The SMILES string of the molecule is Cc1c(Cl)cccc1C#CC(N)=O. The van der Waals surface area contributed by atoms with Crippen molar-refractivity contribution in [3.63, 3.8) is 0 Å². The van der Waals surface area contributed by atoms with Crippen LogP contribution in [0.15, 0.2) is 18.2 Å². The Morgan fingerprint density at radius 2 is 2.23 bits per heavy atom. The van der Waals surface area contributed by atoms with Gasteiger partial charge in [-0.3, -0.25) is 4.79 Å². The number of amides is 1. The van der Waals surface area contributed by atoms with Gasteiger partial charge >= 0.3 is 0 Å². The molecule has 0 fully saturated rings. The lowest BCUT2D eigenvalue weighted by Crippen LogP contribution is -2.06. The topological polar surface area (TPSA) is 43.1 Å². The Hall–Kier alpha value is -1.46. The van der Waals surface area contributed by atoms with Crippen LogP contribution in [-0.2, 0) is 4.79 Å². The van der Waals surface area contributed by atoms with Crippen LogP contribution in [0.2, 0.25) is 5.02 Å². The van der Waals surface area contributed by atoms with Crippen molar-refractivity contribution in [3.05, 3.63) is 34.3 Å². The van der Waals surface area contributed by atoms with Crippen molar-refractivity contribution in [2.75, 3.05) is 0 Å². The summed E-state index contributed by atoms with van der Waals surface area (Å²) < 4.78 is 0. The number of primary amides is 1. The summed E-state index contributed by atoms with van der Waals surface area (Å²) in [5.41, 5.74) is 6.47. The molecule has 3 heteroatoms. The molecule has 0 spiro atoms. The van der Waals surface area contributed by atoms with E-state index < -0.39 is 5.91 Å². The molecule has 1 aromatic carbocycles. The molecular weight excluding hydrogens is 186 g/mol. The van der Waals surface area contributed by atoms with Gasteiger partial charge < -0.3 is 5.73 Å². The van der Waals surface area contributed by atoms with Crippen LogP contribution < -0.4 is 5.73 Å². The van der Waals surface area contributed by atoms with Gasteiger partial charge in [0.15, 0.2) is 0 Å². The quantitative estimate of drug-likeness (QED) is 0.624. The lowest BCUT2D eigenvalue weighted by molar-refractivity contribution is -0.112. The third kappa shape index (κ3) is 2.50. The van der Waals surface area contributed by atoms with Crippen LogP contribution in [-0.4, -0.2) is 5.91 Å². The molecule has 1 aromatic rings. The van der Waals surface area contributed by atoms with Gasteiger partial charge in [0.2, 0.25) is 0 Å². The van der Waals surface area contributed by atoms with Gasteiger partial charge in [-0.25, -0.2) is 0 Å². The lowest BCUT2D eigenvalue weighted by Gasteiger charge is -1.98. The average molecular weight is 194 g/mol. The average Bonchev–Trinajstić information content (AvgIpc) is 2.07. The summed E-state index contributed by atoms with van der Waals surface area (Å²) in [6.45, 7) is 1.84. The van der Waals surface area contributed by atoms with Gasteiger partial charge in [0.05, 0.1) is 0 Å². The molecule has 0 aliphatic heterocycles. The van der Waals surface area contributed by atoms with Crippen molar-refractivity contribution in [1.29, 1.82) is 0 Å². The zero-order valence-corrected chi connectivity index (χ0v) is 7.85. The smallest absolute Gasteiger partial charge is 0.293 e. The highest BCUT2D eigenvalue weighted by molar-refractivity contribution is 6.31. The Balaban J connectivity index is 3.11. The Morgan fingerprint density at radius 1 is 1.54 bits per heavy atom. The van der Waals surface area contributed by atoms with Crippen molar-refractivity contribution < 1.29 is 4.79 Å². The summed E-state index contributed by atoms with van der Waals surface area (Å²) >= 11 is 5.85. The van der Waals surface area contributed by atoms with Crippen LogP contribution >= 0.6 is 11.6 Å². The molecule has 0 aliphatic carbocycles. The molecule has 1 rings (SSSR count). The van der Waals surface area contributed by atoms with Crippen LogP contribution in [0.4, 0.5) is 0 Å². The van der Waals surface area contributed by atoms with Crippen molar-refractivity contribution in [2.24, 2.45) is 5.73 Å². The minimum absolute atomic E-state index is 0.635. The van der Waals surface area contributed by atoms with E-state index in [0.29, 0.717) is 5.02 Å². The van der Waals surface area contributed by atoms with E-state index >= 15 is 0 Å². The first-order valence-electron chi connectivity index (χ1n) is 3.68. The Kier molecular flexibility index (Phi) is 2.94. The van der Waals surface area contributed by atoms with Crippen LogP contribution in [0.1, 0.15) is 11.1 Å². The molecule has 0 radical (unpaired) electrons. The summed E-state index contributed by atoms with van der Waals surface area (Å²) in [5.74, 6) is 4.26. The predicted octanol–water partition coefficient (Wildman–Crippen LogP) is 1.49. The minimum Gasteiger partial charge on any atom is -0.359 e. The van der Waals surface area contributed by atoms with Crippen molar-refractivity contribution in [1.82, 2.24) is 0 Å². The van der Waals surface area contributed by atoms with E-state index in [4.69, 9.17) is 17.3 Å². The number of nitrogens with two attached hydrogens (primary N) is 1. The molecule has 2 N–H and O–H groups in total. The number of carbonyl (C=O) groups is 1. The molecule has 66 valence electrons. The number of rotatable bonds is 0. The fraction of sp³-hybridized carbons (Fsp3) is 0.100. The molecule has 13 heavy (non-hydrogen) atoms. The predicted molar refractivity (Wildman–Crippen MR) is 52.3 cm³/mol.